The standard InChI is InChI=1S/C29H50N4O4S/c1-6-25(4)29(26(5)21-24(2)3)38(35,36)33-16-9-11-27(33)22-37-23-28(34)32-19-17-31(18-20-32)15-10-14-30-12-7-8-13-30/h6,21,27H,7-20,22-23H2,1-5H3/b25-6-,29-26+/t27-/m0/s1. The average Bonchev–Trinajstić information content (AvgIpc) is 3.56. The van der Waals surface area contributed by atoms with E-state index in [0.29, 0.717) is 11.4 Å². The third-order valence-corrected chi connectivity index (χ3v) is 10.2. The van der Waals surface area contributed by atoms with Gasteiger partial charge in [-0.2, -0.15) is 4.31 Å². The molecule has 0 aromatic carbocycles. The molecule has 0 radical (unpaired) electrons. The molecule has 0 unspecified atom stereocenters. The second-order valence-corrected chi connectivity index (χ2v) is 13.1. The molecule has 0 aromatic heterocycles. The highest BCUT2D eigenvalue weighted by atomic mass is 32.2. The number of allylic oxidation sites excluding steroid dienone is 5. The molecule has 1 atom stereocenters. The van der Waals surface area contributed by atoms with Crippen molar-refractivity contribution in [3.63, 3.8) is 0 Å². The molecule has 0 aliphatic carbocycles. The van der Waals surface area contributed by atoms with E-state index in [4.69, 9.17) is 4.74 Å². The number of rotatable bonds is 12. The Hall–Kier alpha value is -1.52. The molecule has 3 aliphatic rings. The van der Waals surface area contributed by atoms with Gasteiger partial charge < -0.3 is 14.5 Å². The van der Waals surface area contributed by atoms with Gasteiger partial charge in [0, 0.05) is 38.8 Å². The molecule has 3 fully saturated rings. The van der Waals surface area contributed by atoms with Crippen molar-refractivity contribution in [3.8, 4) is 0 Å². The van der Waals surface area contributed by atoms with Crippen molar-refractivity contribution in [1.29, 1.82) is 0 Å². The van der Waals surface area contributed by atoms with Gasteiger partial charge in [0.25, 0.3) is 0 Å². The Balaban J connectivity index is 1.47. The summed E-state index contributed by atoms with van der Waals surface area (Å²) >= 11 is 0. The highest BCUT2D eigenvalue weighted by molar-refractivity contribution is 7.93. The van der Waals surface area contributed by atoms with Crippen molar-refractivity contribution in [2.24, 2.45) is 0 Å². The van der Waals surface area contributed by atoms with E-state index in [0.717, 1.165) is 62.3 Å². The van der Waals surface area contributed by atoms with E-state index in [1.165, 1.54) is 38.9 Å². The molecule has 3 saturated heterocycles. The summed E-state index contributed by atoms with van der Waals surface area (Å²) in [6.45, 7) is 18.3. The van der Waals surface area contributed by atoms with E-state index in [2.05, 4.69) is 9.80 Å². The van der Waals surface area contributed by atoms with E-state index in [1.807, 2.05) is 51.7 Å². The lowest BCUT2D eigenvalue weighted by Crippen LogP contribution is -2.50. The van der Waals surface area contributed by atoms with Crippen molar-refractivity contribution >= 4 is 15.9 Å². The number of likely N-dealkylation sites (tertiary alicyclic amines) is 1. The van der Waals surface area contributed by atoms with Gasteiger partial charge in [-0.25, -0.2) is 8.42 Å². The fraction of sp³-hybridized carbons (Fsp3) is 0.759. The van der Waals surface area contributed by atoms with E-state index in [1.54, 1.807) is 4.31 Å². The molecule has 0 bridgehead atoms. The zero-order chi connectivity index (χ0) is 27.7. The van der Waals surface area contributed by atoms with Gasteiger partial charge in [0.2, 0.25) is 15.9 Å². The van der Waals surface area contributed by atoms with Crippen molar-refractivity contribution in [2.45, 2.75) is 72.8 Å². The number of piperazine rings is 1. The number of amides is 1. The summed E-state index contributed by atoms with van der Waals surface area (Å²) in [5.41, 5.74) is 2.55. The molecule has 0 N–H and O–H groups in total. The second-order valence-electron chi connectivity index (χ2n) is 11.3. The largest absolute Gasteiger partial charge is 0.370 e. The first-order valence-electron chi connectivity index (χ1n) is 14.4. The van der Waals surface area contributed by atoms with E-state index in [9.17, 15) is 13.2 Å². The Morgan fingerprint density at radius 1 is 0.895 bits per heavy atom. The Labute approximate surface area is 231 Å². The van der Waals surface area contributed by atoms with Gasteiger partial charge in [0.05, 0.1) is 11.5 Å². The fourth-order valence-electron chi connectivity index (χ4n) is 5.88. The number of ether oxygens (including phenoxy) is 1. The molecule has 3 aliphatic heterocycles. The predicted octanol–water partition coefficient (Wildman–Crippen LogP) is 3.63. The minimum absolute atomic E-state index is 0.00105. The Morgan fingerprint density at radius 3 is 2.13 bits per heavy atom. The molecule has 3 rings (SSSR count). The normalized spacial score (nSPS) is 23.1. The van der Waals surface area contributed by atoms with Gasteiger partial charge in [0.15, 0.2) is 0 Å². The molecular formula is C29H50N4O4S. The zero-order valence-corrected chi connectivity index (χ0v) is 25.2. The Morgan fingerprint density at radius 2 is 1.53 bits per heavy atom. The fourth-order valence-corrected chi connectivity index (χ4v) is 8.03. The van der Waals surface area contributed by atoms with Crippen LogP contribution in [0.15, 0.2) is 33.8 Å². The summed E-state index contributed by atoms with van der Waals surface area (Å²) in [5.74, 6) is -0.00105. The lowest BCUT2D eigenvalue weighted by Gasteiger charge is -2.35. The maximum Gasteiger partial charge on any atom is 0.248 e. The molecule has 0 spiro atoms. The molecular weight excluding hydrogens is 500 g/mol. The highest BCUT2D eigenvalue weighted by Gasteiger charge is 2.38. The number of nitrogens with zero attached hydrogens (tertiary/aromatic N) is 4. The third kappa shape index (κ3) is 8.49. The summed E-state index contributed by atoms with van der Waals surface area (Å²) in [6.07, 6.45) is 9.17. The van der Waals surface area contributed by atoms with Crippen LogP contribution in [0.3, 0.4) is 0 Å². The van der Waals surface area contributed by atoms with Crippen LogP contribution in [0.25, 0.3) is 0 Å². The van der Waals surface area contributed by atoms with Crippen LogP contribution in [0.5, 0.6) is 0 Å². The molecule has 9 heteroatoms. The van der Waals surface area contributed by atoms with Crippen LogP contribution in [0.1, 0.15) is 66.7 Å². The number of carbonyl (C=O) groups excluding carboxylic acids is 1. The van der Waals surface area contributed by atoms with Crippen LogP contribution in [0.4, 0.5) is 0 Å². The monoisotopic (exact) mass is 550 g/mol. The van der Waals surface area contributed by atoms with Crippen LogP contribution in [0.2, 0.25) is 0 Å². The predicted molar refractivity (Wildman–Crippen MR) is 154 cm³/mol. The summed E-state index contributed by atoms with van der Waals surface area (Å²) in [6, 6.07) is -0.251. The molecule has 1 amide bonds. The van der Waals surface area contributed by atoms with E-state index >= 15 is 0 Å². The van der Waals surface area contributed by atoms with Gasteiger partial charge >= 0.3 is 0 Å². The summed E-state index contributed by atoms with van der Waals surface area (Å²) < 4.78 is 34.9. The van der Waals surface area contributed by atoms with Crippen LogP contribution >= 0.6 is 0 Å². The first kappa shape index (κ1) is 31.0. The van der Waals surface area contributed by atoms with Crippen LogP contribution in [0, 0.1) is 0 Å². The summed E-state index contributed by atoms with van der Waals surface area (Å²) in [4.78, 5) is 20.1. The van der Waals surface area contributed by atoms with Gasteiger partial charge in [0.1, 0.15) is 6.61 Å². The van der Waals surface area contributed by atoms with Crippen LogP contribution < -0.4 is 0 Å². The van der Waals surface area contributed by atoms with Crippen LogP contribution in [-0.2, 0) is 19.6 Å². The SMILES string of the molecule is C/C=C(C)\C(=C(\C)C=C(C)C)S(=O)(=O)N1CCC[C@H]1COCC(=O)N1CCN(CCCN2CCCC2)CC1. The second kappa shape index (κ2) is 14.7. The number of carbonyl (C=O) groups is 1. The third-order valence-electron chi connectivity index (χ3n) is 7.95. The first-order chi connectivity index (χ1) is 18.1. The molecule has 0 saturated carbocycles. The Bertz CT molecular complexity index is 986. The topological polar surface area (TPSA) is 73.4 Å². The first-order valence-corrected chi connectivity index (χ1v) is 15.9. The van der Waals surface area contributed by atoms with Crippen molar-refractivity contribution < 1.29 is 17.9 Å². The summed E-state index contributed by atoms with van der Waals surface area (Å²) in [5, 5.41) is 0. The van der Waals surface area contributed by atoms with E-state index < -0.39 is 10.0 Å². The maximum atomic E-state index is 13.8. The molecule has 216 valence electrons. The average molecular weight is 551 g/mol. The van der Waals surface area contributed by atoms with Gasteiger partial charge in [-0.15, -0.1) is 0 Å². The lowest BCUT2D eigenvalue weighted by molar-refractivity contribution is -0.138. The van der Waals surface area contributed by atoms with Gasteiger partial charge in [-0.1, -0.05) is 17.7 Å². The van der Waals surface area contributed by atoms with Crippen LogP contribution in [-0.4, -0.2) is 111 Å². The van der Waals surface area contributed by atoms with E-state index in [-0.39, 0.29) is 25.2 Å². The van der Waals surface area contributed by atoms with Crippen molar-refractivity contribution in [1.82, 2.24) is 19.0 Å². The van der Waals surface area contributed by atoms with Crippen molar-refractivity contribution in [2.75, 3.05) is 72.1 Å². The van der Waals surface area contributed by atoms with Gasteiger partial charge in [-0.3, -0.25) is 9.69 Å². The maximum absolute atomic E-state index is 13.8. The molecule has 8 nitrogen and oxygen atoms in total. The minimum Gasteiger partial charge on any atom is -0.370 e. The highest BCUT2D eigenvalue weighted by Crippen LogP contribution is 2.31. The minimum atomic E-state index is -3.68. The smallest absolute Gasteiger partial charge is 0.248 e. The van der Waals surface area contributed by atoms with Crippen molar-refractivity contribution in [3.05, 3.63) is 33.8 Å². The quantitative estimate of drug-likeness (QED) is 0.346. The molecule has 38 heavy (non-hydrogen) atoms. The molecule has 3 heterocycles. The Kier molecular flexibility index (Phi) is 12.0. The van der Waals surface area contributed by atoms with Gasteiger partial charge in [-0.05, 0) is 104 Å². The molecule has 0 aromatic rings. The summed E-state index contributed by atoms with van der Waals surface area (Å²) in [7, 11) is -3.68. The number of hydrogen-bond acceptors (Lipinski definition) is 6. The lowest BCUT2D eigenvalue weighted by atomic mass is 10.1. The number of hydrogen-bond donors (Lipinski definition) is 0. The number of sulfonamides is 1. The zero-order valence-electron chi connectivity index (χ0n) is 24.4.